The molecule has 9 heavy (non-hydrogen) atoms. The van der Waals surface area contributed by atoms with Crippen molar-refractivity contribution in [3.05, 3.63) is 0 Å². The fraction of sp³-hybridized carbons (Fsp3) is 1.00. The minimum absolute atomic E-state index is 0.705. The molecule has 0 saturated heterocycles. The molecule has 1 N–H and O–H groups in total. The van der Waals surface area contributed by atoms with E-state index in [1.54, 1.807) is 0 Å². The summed E-state index contributed by atoms with van der Waals surface area (Å²) < 4.78 is 5.28. The lowest BCUT2D eigenvalue weighted by Gasteiger charge is -2.24. The van der Waals surface area contributed by atoms with Crippen molar-refractivity contribution in [2.45, 2.75) is 19.3 Å². The zero-order valence-corrected chi connectivity index (χ0v) is 6.02. The van der Waals surface area contributed by atoms with E-state index < -0.39 is 0 Å². The number of nitrogens with one attached hydrogen (secondary N) is 1. The Bertz CT molecular complexity index is 71.3. The van der Waals surface area contributed by atoms with E-state index in [4.69, 9.17) is 4.74 Å². The van der Waals surface area contributed by atoms with Gasteiger partial charge in [-0.3, -0.25) is 5.32 Å². The van der Waals surface area contributed by atoms with Gasteiger partial charge in [0, 0.05) is 0 Å². The second-order valence-electron chi connectivity index (χ2n) is 2.67. The van der Waals surface area contributed by atoms with Gasteiger partial charge in [0.2, 0.25) is 0 Å². The normalized spacial score (nSPS) is 19.7. The van der Waals surface area contributed by atoms with Crippen molar-refractivity contribution in [2.24, 2.45) is 5.92 Å². The van der Waals surface area contributed by atoms with E-state index in [1.165, 1.54) is 19.3 Å². The van der Waals surface area contributed by atoms with Crippen LogP contribution in [0.3, 0.4) is 0 Å². The predicted molar refractivity (Wildman–Crippen MR) is 37.2 cm³/mol. The van der Waals surface area contributed by atoms with Crippen molar-refractivity contribution in [2.75, 3.05) is 20.4 Å². The first-order chi connectivity index (χ1) is 4.43. The Morgan fingerprint density at radius 1 is 1.56 bits per heavy atom. The predicted octanol–water partition coefficient (Wildman–Crippen LogP) is 0.980. The van der Waals surface area contributed by atoms with Gasteiger partial charge in [-0.05, 0) is 25.8 Å². The lowest BCUT2D eigenvalue weighted by molar-refractivity contribution is 0.0622. The first kappa shape index (κ1) is 7.03. The molecule has 0 aromatic rings. The van der Waals surface area contributed by atoms with E-state index in [0.717, 1.165) is 12.5 Å². The van der Waals surface area contributed by atoms with Crippen LogP contribution >= 0.6 is 0 Å². The minimum Gasteiger partial charge on any atom is -0.366 e. The summed E-state index contributed by atoms with van der Waals surface area (Å²) in [6.07, 6.45) is 4.17. The molecule has 0 atom stereocenters. The third-order valence-electron chi connectivity index (χ3n) is 1.82. The molecule has 2 heteroatoms. The first-order valence-electron chi connectivity index (χ1n) is 3.66. The highest BCUT2D eigenvalue weighted by atomic mass is 16.5. The Balaban J connectivity index is 1.80. The molecule has 1 rings (SSSR count). The standard InChI is InChI=1S/C7H15NO/c1-8-6-9-5-7-3-2-4-7/h7-8H,2-6H2,1H3. The van der Waals surface area contributed by atoms with Gasteiger partial charge in [0.05, 0.1) is 13.3 Å². The monoisotopic (exact) mass is 129 g/mol. The molecule has 1 fully saturated rings. The van der Waals surface area contributed by atoms with E-state index in [9.17, 15) is 0 Å². The number of rotatable bonds is 4. The summed E-state index contributed by atoms with van der Waals surface area (Å²) in [6.45, 7) is 1.66. The molecule has 1 saturated carbocycles. The Labute approximate surface area is 56.6 Å². The highest BCUT2D eigenvalue weighted by Crippen LogP contribution is 2.25. The Morgan fingerprint density at radius 3 is 2.78 bits per heavy atom. The lowest BCUT2D eigenvalue weighted by atomic mass is 9.86. The maximum atomic E-state index is 5.28. The van der Waals surface area contributed by atoms with E-state index >= 15 is 0 Å². The average Bonchev–Trinajstić information content (AvgIpc) is 1.76. The van der Waals surface area contributed by atoms with E-state index in [0.29, 0.717) is 6.73 Å². The van der Waals surface area contributed by atoms with Gasteiger partial charge in [0.15, 0.2) is 0 Å². The molecular formula is C7H15NO. The lowest BCUT2D eigenvalue weighted by Crippen LogP contribution is -2.21. The van der Waals surface area contributed by atoms with Crippen LogP contribution in [-0.2, 0) is 4.74 Å². The fourth-order valence-corrected chi connectivity index (χ4v) is 0.987. The largest absolute Gasteiger partial charge is 0.366 e. The van der Waals surface area contributed by atoms with Gasteiger partial charge in [0.1, 0.15) is 0 Å². The molecule has 54 valence electrons. The van der Waals surface area contributed by atoms with E-state index in [2.05, 4.69) is 5.32 Å². The maximum absolute atomic E-state index is 5.28. The molecule has 0 radical (unpaired) electrons. The Morgan fingerprint density at radius 2 is 2.33 bits per heavy atom. The van der Waals surface area contributed by atoms with Gasteiger partial charge in [-0.2, -0.15) is 0 Å². The Hall–Kier alpha value is -0.0800. The van der Waals surface area contributed by atoms with Crippen LogP contribution < -0.4 is 5.32 Å². The molecule has 0 bridgehead atoms. The van der Waals surface area contributed by atoms with Gasteiger partial charge in [-0.1, -0.05) is 6.42 Å². The number of ether oxygens (including phenoxy) is 1. The van der Waals surface area contributed by atoms with Gasteiger partial charge in [-0.15, -0.1) is 0 Å². The molecule has 2 nitrogen and oxygen atoms in total. The summed E-state index contributed by atoms with van der Waals surface area (Å²) in [6, 6.07) is 0. The smallest absolute Gasteiger partial charge is 0.0962 e. The Kier molecular flexibility index (Phi) is 3.01. The molecular weight excluding hydrogens is 114 g/mol. The highest BCUT2D eigenvalue weighted by molar-refractivity contribution is 4.68. The van der Waals surface area contributed by atoms with Crippen molar-refractivity contribution in [1.29, 1.82) is 0 Å². The third kappa shape index (κ3) is 2.33. The molecule has 0 aromatic carbocycles. The highest BCUT2D eigenvalue weighted by Gasteiger charge is 2.16. The van der Waals surface area contributed by atoms with Crippen molar-refractivity contribution in [3.8, 4) is 0 Å². The quantitative estimate of drug-likeness (QED) is 0.451. The summed E-state index contributed by atoms with van der Waals surface area (Å²) >= 11 is 0. The summed E-state index contributed by atoms with van der Waals surface area (Å²) in [7, 11) is 1.90. The van der Waals surface area contributed by atoms with Crippen LogP contribution in [0, 0.1) is 5.92 Å². The fourth-order valence-electron chi connectivity index (χ4n) is 0.987. The summed E-state index contributed by atoms with van der Waals surface area (Å²) in [5, 5.41) is 2.95. The van der Waals surface area contributed by atoms with Crippen molar-refractivity contribution in [1.82, 2.24) is 5.32 Å². The molecule has 0 spiro atoms. The molecule has 0 unspecified atom stereocenters. The molecule has 1 aliphatic rings. The van der Waals surface area contributed by atoms with Crippen LogP contribution in [0.4, 0.5) is 0 Å². The molecule has 0 aromatic heterocycles. The van der Waals surface area contributed by atoms with Crippen LogP contribution in [0.1, 0.15) is 19.3 Å². The van der Waals surface area contributed by atoms with E-state index in [-0.39, 0.29) is 0 Å². The van der Waals surface area contributed by atoms with Crippen molar-refractivity contribution >= 4 is 0 Å². The molecule has 0 amide bonds. The zero-order chi connectivity index (χ0) is 6.53. The van der Waals surface area contributed by atoms with Gasteiger partial charge in [0.25, 0.3) is 0 Å². The first-order valence-corrected chi connectivity index (χ1v) is 3.66. The number of hydrogen-bond acceptors (Lipinski definition) is 2. The van der Waals surface area contributed by atoms with Crippen LogP contribution in [0.5, 0.6) is 0 Å². The number of hydrogen-bond donors (Lipinski definition) is 1. The van der Waals surface area contributed by atoms with Gasteiger partial charge < -0.3 is 4.74 Å². The topological polar surface area (TPSA) is 21.3 Å². The van der Waals surface area contributed by atoms with Crippen molar-refractivity contribution < 1.29 is 4.74 Å². The summed E-state index contributed by atoms with van der Waals surface area (Å²) in [5.74, 6) is 0.873. The van der Waals surface area contributed by atoms with Gasteiger partial charge in [-0.25, -0.2) is 0 Å². The average molecular weight is 129 g/mol. The van der Waals surface area contributed by atoms with Crippen LogP contribution in [0.2, 0.25) is 0 Å². The van der Waals surface area contributed by atoms with E-state index in [1.807, 2.05) is 7.05 Å². The third-order valence-corrected chi connectivity index (χ3v) is 1.82. The molecule has 0 aliphatic heterocycles. The van der Waals surface area contributed by atoms with Crippen LogP contribution in [0.25, 0.3) is 0 Å². The zero-order valence-electron chi connectivity index (χ0n) is 6.02. The second kappa shape index (κ2) is 3.85. The SMILES string of the molecule is CNCOCC1CCC1. The van der Waals surface area contributed by atoms with Crippen LogP contribution in [0.15, 0.2) is 0 Å². The maximum Gasteiger partial charge on any atom is 0.0962 e. The summed E-state index contributed by atoms with van der Waals surface area (Å²) in [5.41, 5.74) is 0. The minimum atomic E-state index is 0.705. The molecule has 0 heterocycles. The van der Waals surface area contributed by atoms with Crippen LogP contribution in [-0.4, -0.2) is 20.4 Å². The summed E-state index contributed by atoms with van der Waals surface area (Å²) in [4.78, 5) is 0. The van der Waals surface area contributed by atoms with Gasteiger partial charge >= 0.3 is 0 Å². The molecule has 1 aliphatic carbocycles. The second-order valence-corrected chi connectivity index (χ2v) is 2.67. The van der Waals surface area contributed by atoms with Crippen molar-refractivity contribution in [3.63, 3.8) is 0 Å².